The smallest absolute Gasteiger partial charge is 0.306 e. The zero-order chi connectivity index (χ0) is 25.5. The van der Waals surface area contributed by atoms with Crippen molar-refractivity contribution in [1.29, 1.82) is 0 Å². The molecule has 0 bridgehead atoms. The molecule has 1 aliphatic rings. The standard InChI is InChI=1S/C26H48O7Si/c1-7-8-9-10-23-22(11-12-24(23)27)21-25(28)32-19-17-30-15-13-29-14-16-31-18-20-33-34(5,6)26(2,3)4/h8-9,22-23H,7,10-21H2,1-6H3. The quantitative estimate of drug-likeness (QED) is 0.114. The predicted octanol–water partition coefficient (Wildman–Crippen LogP) is 4.94. The summed E-state index contributed by atoms with van der Waals surface area (Å²) in [6.07, 6.45) is 7.46. The third kappa shape index (κ3) is 12.6. The van der Waals surface area contributed by atoms with Crippen LogP contribution in [0.25, 0.3) is 0 Å². The average molecular weight is 501 g/mol. The molecule has 0 aliphatic heterocycles. The zero-order valence-corrected chi connectivity index (χ0v) is 23.4. The molecule has 34 heavy (non-hydrogen) atoms. The van der Waals surface area contributed by atoms with Crippen molar-refractivity contribution in [2.75, 3.05) is 52.9 Å². The van der Waals surface area contributed by atoms with Gasteiger partial charge in [-0.1, -0.05) is 39.8 Å². The van der Waals surface area contributed by atoms with E-state index in [1.54, 1.807) is 0 Å². The normalized spacial score (nSPS) is 19.3. The maximum absolute atomic E-state index is 12.1. The SMILES string of the molecule is CCC=CCC1C(=O)CCC1CC(=O)OCCOCCOCCOCCO[Si](C)(C)C(C)(C)C. The summed E-state index contributed by atoms with van der Waals surface area (Å²) in [6, 6.07) is 0. The van der Waals surface area contributed by atoms with Gasteiger partial charge in [0.15, 0.2) is 8.32 Å². The number of allylic oxidation sites excluding steroid dienone is 2. The van der Waals surface area contributed by atoms with E-state index in [0.717, 1.165) is 19.3 Å². The first-order valence-electron chi connectivity index (χ1n) is 12.8. The van der Waals surface area contributed by atoms with Gasteiger partial charge < -0.3 is 23.4 Å². The third-order valence-electron chi connectivity index (χ3n) is 6.70. The number of ether oxygens (including phenoxy) is 4. The van der Waals surface area contributed by atoms with Crippen LogP contribution >= 0.6 is 0 Å². The Morgan fingerprint density at radius 1 is 0.941 bits per heavy atom. The Hall–Kier alpha value is -1.06. The number of hydrogen-bond donors (Lipinski definition) is 0. The molecule has 198 valence electrons. The van der Waals surface area contributed by atoms with Gasteiger partial charge in [-0.2, -0.15) is 0 Å². The molecule has 1 saturated carbocycles. The molecule has 0 aromatic heterocycles. The molecule has 1 aliphatic carbocycles. The van der Waals surface area contributed by atoms with Gasteiger partial charge in [0.25, 0.3) is 0 Å². The van der Waals surface area contributed by atoms with E-state index in [9.17, 15) is 9.59 Å². The highest BCUT2D eigenvalue weighted by Crippen LogP contribution is 2.36. The van der Waals surface area contributed by atoms with E-state index in [0.29, 0.717) is 59.1 Å². The minimum absolute atomic E-state index is 0.0440. The Morgan fingerprint density at radius 3 is 2.06 bits per heavy atom. The monoisotopic (exact) mass is 500 g/mol. The largest absolute Gasteiger partial charge is 0.463 e. The molecule has 0 aromatic carbocycles. The van der Waals surface area contributed by atoms with Crippen molar-refractivity contribution < 1.29 is 33.0 Å². The molecule has 0 N–H and O–H groups in total. The van der Waals surface area contributed by atoms with Crippen LogP contribution in [0.5, 0.6) is 0 Å². The van der Waals surface area contributed by atoms with E-state index in [2.05, 4.69) is 52.9 Å². The van der Waals surface area contributed by atoms with Crippen LogP contribution in [0.2, 0.25) is 18.1 Å². The summed E-state index contributed by atoms with van der Waals surface area (Å²) in [5.74, 6) is 0.0690. The Bertz CT molecular complexity index is 613. The lowest BCUT2D eigenvalue weighted by atomic mass is 9.89. The Balaban J connectivity index is 1.97. The molecule has 2 atom stereocenters. The fraction of sp³-hybridized carbons (Fsp3) is 0.846. The number of carbonyl (C=O) groups is 2. The van der Waals surface area contributed by atoms with Crippen molar-refractivity contribution in [2.24, 2.45) is 11.8 Å². The number of rotatable bonds is 18. The number of esters is 1. The molecule has 7 nitrogen and oxygen atoms in total. The summed E-state index contributed by atoms with van der Waals surface area (Å²) >= 11 is 0. The van der Waals surface area contributed by atoms with Gasteiger partial charge in [-0.25, -0.2) is 0 Å². The van der Waals surface area contributed by atoms with Gasteiger partial charge >= 0.3 is 5.97 Å². The topological polar surface area (TPSA) is 80.3 Å². The molecule has 0 aromatic rings. The van der Waals surface area contributed by atoms with E-state index in [-0.39, 0.29) is 35.2 Å². The van der Waals surface area contributed by atoms with Gasteiger partial charge in [-0.05, 0) is 43.3 Å². The molecule has 1 rings (SSSR count). The number of carbonyl (C=O) groups excluding carboxylic acids is 2. The minimum Gasteiger partial charge on any atom is -0.463 e. The maximum atomic E-state index is 12.1. The first-order valence-corrected chi connectivity index (χ1v) is 15.7. The van der Waals surface area contributed by atoms with Gasteiger partial charge in [0.2, 0.25) is 0 Å². The highest BCUT2D eigenvalue weighted by atomic mass is 28.4. The fourth-order valence-corrected chi connectivity index (χ4v) is 4.58. The number of Topliss-reactive ketones (excluding diaryl/α,β-unsaturated/α-hetero) is 1. The molecule has 8 heteroatoms. The van der Waals surface area contributed by atoms with Crippen LogP contribution < -0.4 is 0 Å². The summed E-state index contributed by atoms with van der Waals surface area (Å²) in [6.45, 7) is 16.9. The molecule has 0 saturated heterocycles. The van der Waals surface area contributed by atoms with E-state index < -0.39 is 8.32 Å². The lowest BCUT2D eigenvalue weighted by Crippen LogP contribution is -2.41. The van der Waals surface area contributed by atoms with Crippen LogP contribution in [0.1, 0.15) is 59.8 Å². The summed E-state index contributed by atoms with van der Waals surface area (Å²) < 4.78 is 27.8. The Labute approximate surface area is 208 Å². The molecule has 1 fully saturated rings. The fourth-order valence-electron chi connectivity index (χ4n) is 3.56. The van der Waals surface area contributed by atoms with E-state index in [4.69, 9.17) is 23.4 Å². The van der Waals surface area contributed by atoms with Crippen LogP contribution in [-0.4, -0.2) is 72.9 Å². The molecule has 0 radical (unpaired) electrons. The molecule has 0 spiro atoms. The first-order chi connectivity index (χ1) is 16.1. The minimum atomic E-state index is -1.71. The third-order valence-corrected chi connectivity index (χ3v) is 11.2. The molecule has 2 unspecified atom stereocenters. The molecule has 0 heterocycles. The number of ketones is 1. The lowest BCUT2D eigenvalue weighted by Gasteiger charge is -2.36. The highest BCUT2D eigenvalue weighted by molar-refractivity contribution is 6.74. The van der Waals surface area contributed by atoms with Crippen molar-refractivity contribution in [3.63, 3.8) is 0 Å². The Morgan fingerprint density at radius 2 is 1.50 bits per heavy atom. The predicted molar refractivity (Wildman–Crippen MR) is 136 cm³/mol. The molecular formula is C26H48O7Si. The van der Waals surface area contributed by atoms with E-state index in [1.807, 2.05) is 0 Å². The van der Waals surface area contributed by atoms with Crippen LogP contribution in [0, 0.1) is 11.8 Å². The zero-order valence-electron chi connectivity index (χ0n) is 22.4. The van der Waals surface area contributed by atoms with Gasteiger partial charge in [0.05, 0.1) is 46.2 Å². The van der Waals surface area contributed by atoms with Crippen molar-refractivity contribution in [3.8, 4) is 0 Å². The first kappa shape index (κ1) is 31.0. The van der Waals surface area contributed by atoms with Crippen LogP contribution in [0.4, 0.5) is 0 Å². The van der Waals surface area contributed by atoms with E-state index >= 15 is 0 Å². The van der Waals surface area contributed by atoms with Crippen LogP contribution in [-0.2, 0) is 33.0 Å². The van der Waals surface area contributed by atoms with E-state index in [1.165, 1.54) is 0 Å². The highest BCUT2D eigenvalue weighted by Gasteiger charge is 2.37. The van der Waals surface area contributed by atoms with Crippen molar-refractivity contribution in [3.05, 3.63) is 12.2 Å². The second-order valence-corrected chi connectivity index (χ2v) is 15.2. The van der Waals surface area contributed by atoms with Gasteiger partial charge in [0.1, 0.15) is 12.4 Å². The van der Waals surface area contributed by atoms with Gasteiger partial charge in [-0.15, -0.1) is 0 Å². The van der Waals surface area contributed by atoms with Crippen LogP contribution in [0.15, 0.2) is 12.2 Å². The maximum Gasteiger partial charge on any atom is 0.306 e. The average Bonchev–Trinajstić information content (AvgIpc) is 3.10. The Kier molecular flexibility index (Phi) is 15.1. The van der Waals surface area contributed by atoms with Gasteiger partial charge in [0, 0.05) is 18.8 Å². The van der Waals surface area contributed by atoms with Crippen molar-refractivity contribution in [2.45, 2.75) is 77.9 Å². The van der Waals surface area contributed by atoms with Crippen LogP contribution in [0.3, 0.4) is 0 Å². The second kappa shape index (κ2) is 16.6. The second-order valence-electron chi connectivity index (χ2n) is 10.4. The molecule has 0 amide bonds. The summed E-state index contributed by atoms with van der Waals surface area (Å²) in [5, 5.41) is 0.208. The van der Waals surface area contributed by atoms with Gasteiger partial charge in [-0.3, -0.25) is 9.59 Å². The number of hydrogen-bond acceptors (Lipinski definition) is 7. The summed E-state index contributed by atoms with van der Waals surface area (Å²) in [4.78, 5) is 24.2. The van der Waals surface area contributed by atoms with Crippen molar-refractivity contribution >= 4 is 20.1 Å². The summed E-state index contributed by atoms with van der Waals surface area (Å²) in [5.41, 5.74) is 0. The lowest BCUT2D eigenvalue weighted by molar-refractivity contribution is -0.146. The van der Waals surface area contributed by atoms with Crippen molar-refractivity contribution in [1.82, 2.24) is 0 Å². The summed E-state index contributed by atoms with van der Waals surface area (Å²) in [7, 11) is -1.71. The molecular weight excluding hydrogens is 452 g/mol.